The monoisotopic (exact) mass is 555 g/mol. The number of ether oxygens (including phenoxy) is 6. The van der Waals surface area contributed by atoms with E-state index in [-0.39, 0.29) is 61.9 Å². The molecule has 1 aromatic carbocycles. The Hall–Kier alpha value is -3.54. The molecule has 12 heteroatoms. The Kier molecular flexibility index (Phi) is 13.5. The van der Waals surface area contributed by atoms with E-state index in [0.29, 0.717) is 5.56 Å². The third kappa shape index (κ3) is 13.2. The van der Waals surface area contributed by atoms with E-state index in [9.17, 15) is 24.3 Å². The summed E-state index contributed by atoms with van der Waals surface area (Å²) >= 11 is 0. The van der Waals surface area contributed by atoms with E-state index in [1.54, 1.807) is 0 Å². The number of nitrogens with two attached hydrogens (primary N) is 1. The van der Waals surface area contributed by atoms with Crippen LogP contribution < -0.4 is 15.2 Å². The van der Waals surface area contributed by atoms with Crippen molar-refractivity contribution in [2.75, 3.05) is 19.8 Å². The second-order valence-corrected chi connectivity index (χ2v) is 10.6. The summed E-state index contributed by atoms with van der Waals surface area (Å²) in [4.78, 5) is 48.3. The largest absolute Gasteiger partial charge is 0.513 e. The fourth-order valence-corrected chi connectivity index (χ4v) is 3.12. The highest BCUT2D eigenvalue weighted by molar-refractivity contribution is 5.79. The molecule has 0 aliphatic heterocycles. The molecule has 2 atom stereocenters. The van der Waals surface area contributed by atoms with Gasteiger partial charge in [-0.2, -0.15) is 0 Å². The Labute approximate surface area is 229 Å². The summed E-state index contributed by atoms with van der Waals surface area (Å²) in [6.07, 6.45) is -4.35. The van der Waals surface area contributed by atoms with Crippen molar-refractivity contribution in [2.24, 2.45) is 23.5 Å². The van der Waals surface area contributed by atoms with Crippen LogP contribution in [0.5, 0.6) is 11.5 Å². The number of hydrogen-bond acceptors (Lipinski definition) is 11. The molecule has 0 saturated carbocycles. The lowest BCUT2D eigenvalue weighted by atomic mass is 9.86. The summed E-state index contributed by atoms with van der Waals surface area (Å²) in [5.41, 5.74) is 4.69. The van der Waals surface area contributed by atoms with Gasteiger partial charge >= 0.3 is 24.4 Å². The van der Waals surface area contributed by atoms with Gasteiger partial charge in [0.05, 0.1) is 19.8 Å². The molecule has 0 fully saturated rings. The first-order valence-corrected chi connectivity index (χ1v) is 12.8. The Morgan fingerprint density at radius 3 is 1.69 bits per heavy atom. The van der Waals surface area contributed by atoms with Crippen LogP contribution in [-0.4, -0.2) is 61.0 Å². The fourth-order valence-electron chi connectivity index (χ4n) is 3.12. The number of rotatable bonds is 14. The zero-order valence-electron chi connectivity index (χ0n) is 23.7. The van der Waals surface area contributed by atoms with Gasteiger partial charge in [0, 0.05) is 12.8 Å². The Morgan fingerprint density at radius 2 is 1.23 bits per heavy atom. The second-order valence-electron chi connectivity index (χ2n) is 10.6. The molecule has 0 spiro atoms. The molecule has 3 N–H and O–H groups in total. The average molecular weight is 556 g/mol. The summed E-state index contributed by atoms with van der Waals surface area (Å²) < 4.78 is 30.6. The van der Waals surface area contributed by atoms with Crippen molar-refractivity contribution < 1.29 is 52.7 Å². The van der Waals surface area contributed by atoms with Crippen molar-refractivity contribution in [3.8, 4) is 11.5 Å². The van der Waals surface area contributed by atoms with Crippen molar-refractivity contribution >= 4 is 24.4 Å². The number of carboxylic acids is 1. The summed E-state index contributed by atoms with van der Waals surface area (Å²) in [7, 11) is 0. The topological polar surface area (TPSA) is 170 Å². The van der Waals surface area contributed by atoms with Crippen LogP contribution in [0.15, 0.2) is 18.2 Å². The molecule has 12 nitrogen and oxygen atoms in total. The third-order valence-electron chi connectivity index (χ3n) is 4.89. The predicted molar refractivity (Wildman–Crippen MR) is 140 cm³/mol. The maximum Gasteiger partial charge on any atom is 0.513 e. The van der Waals surface area contributed by atoms with Crippen LogP contribution in [0.3, 0.4) is 0 Å². The van der Waals surface area contributed by atoms with Crippen molar-refractivity contribution in [1.29, 1.82) is 0 Å². The van der Waals surface area contributed by atoms with Gasteiger partial charge in [0.15, 0.2) is 11.5 Å². The standard InChI is InChI=1S/C27H41NO11/c1-16(2)13-34-24(31)37-19(7)11-27(28,23(29)30)12-20-8-9-21(38-25(32)35-14-17(3)4)22(10-20)39-26(33)36-15-18(5)6/h8-10,16-19H,11-15,28H2,1-7H3,(H,29,30)/t19-,27?/m0/s1. The van der Waals surface area contributed by atoms with Crippen molar-refractivity contribution in [3.05, 3.63) is 23.8 Å². The van der Waals surface area contributed by atoms with Crippen LogP contribution in [0, 0.1) is 17.8 Å². The van der Waals surface area contributed by atoms with Crippen LogP contribution in [0.25, 0.3) is 0 Å². The molecule has 0 saturated heterocycles. The van der Waals surface area contributed by atoms with Crippen LogP contribution >= 0.6 is 0 Å². The number of carbonyl (C=O) groups is 4. The smallest absolute Gasteiger partial charge is 0.480 e. The maximum atomic E-state index is 12.2. The van der Waals surface area contributed by atoms with Gasteiger partial charge in [-0.15, -0.1) is 0 Å². The zero-order valence-corrected chi connectivity index (χ0v) is 23.7. The lowest BCUT2D eigenvalue weighted by molar-refractivity contribution is -0.144. The van der Waals surface area contributed by atoms with Gasteiger partial charge in [-0.05, 0) is 42.4 Å². The molecule has 1 aromatic rings. The summed E-state index contributed by atoms with van der Waals surface area (Å²) in [6, 6.07) is 4.10. The number of carbonyl (C=O) groups excluding carboxylic acids is 3. The quantitative estimate of drug-likeness (QED) is 0.180. The highest BCUT2D eigenvalue weighted by Crippen LogP contribution is 2.31. The Bertz CT molecular complexity index is 976. The number of aliphatic carboxylic acids is 1. The van der Waals surface area contributed by atoms with E-state index < -0.39 is 36.1 Å². The minimum atomic E-state index is -1.87. The first-order chi connectivity index (χ1) is 18.1. The van der Waals surface area contributed by atoms with Gasteiger partial charge in [-0.1, -0.05) is 47.6 Å². The number of hydrogen-bond donors (Lipinski definition) is 2. The maximum absolute atomic E-state index is 12.2. The molecule has 0 aliphatic carbocycles. The minimum absolute atomic E-state index is 0.0471. The van der Waals surface area contributed by atoms with Crippen molar-refractivity contribution in [1.82, 2.24) is 0 Å². The number of carboxylic acid groups (broad SMARTS) is 1. The lowest BCUT2D eigenvalue weighted by Gasteiger charge is -2.28. The SMILES string of the molecule is CC(C)COC(=O)Oc1ccc(CC(N)(C[C@H](C)OC(=O)OCC(C)C)C(=O)O)cc1OC(=O)OCC(C)C. The van der Waals surface area contributed by atoms with Crippen LogP contribution in [-0.2, 0) is 30.2 Å². The first-order valence-electron chi connectivity index (χ1n) is 12.8. The van der Waals surface area contributed by atoms with Crippen molar-refractivity contribution in [3.63, 3.8) is 0 Å². The third-order valence-corrected chi connectivity index (χ3v) is 4.89. The van der Waals surface area contributed by atoms with Gasteiger partial charge in [0.1, 0.15) is 11.6 Å². The summed E-state index contributed by atoms with van der Waals surface area (Å²) in [5, 5.41) is 9.88. The molecular weight excluding hydrogens is 514 g/mol. The Balaban J connectivity index is 3.12. The second kappa shape index (κ2) is 15.8. The molecule has 0 heterocycles. The van der Waals surface area contributed by atoms with Crippen LogP contribution in [0.1, 0.15) is 60.5 Å². The van der Waals surface area contributed by atoms with E-state index in [2.05, 4.69) is 0 Å². The molecule has 0 bridgehead atoms. The molecule has 1 unspecified atom stereocenters. The lowest BCUT2D eigenvalue weighted by Crippen LogP contribution is -2.52. The first kappa shape index (κ1) is 33.5. The van der Waals surface area contributed by atoms with E-state index in [1.165, 1.54) is 25.1 Å². The van der Waals surface area contributed by atoms with Crippen molar-refractivity contribution in [2.45, 2.75) is 73.0 Å². The molecular formula is C27H41NO11. The molecule has 0 radical (unpaired) electrons. The van der Waals surface area contributed by atoms with E-state index in [4.69, 9.17) is 34.2 Å². The average Bonchev–Trinajstić information content (AvgIpc) is 2.81. The highest BCUT2D eigenvalue weighted by atomic mass is 16.7. The van der Waals surface area contributed by atoms with Crippen LogP contribution in [0.4, 0.5) is 14.4 Å². The summed E-state index contributed by atoms with van der Waals surface area (Å²) in [5.74, 6) is -1.47. The van der Waals surface area contributed by atoms with Crippen LogP contribution in [0.2, 0.25) is 0 Å². The molecule has 220 valence electrons. The van der Waals surface area contributed by atoms with Gasteiger partial charge in [0.25, 0.3) is 0 Å². The van der Waals surface area contributed by atoms with Gasteiger partial charge in [-0.3, -0.25) is 4.79 Å². The molecule has 0 aromatic heterocycles. The van der Waals surface area contributed by atoms with E-state index in [0.717, 1.165) is 0 Å². The van der Waals surface area contributed by atoms with Gasteiger partial charge < -0.3 is 39.3 Å². The Morgan fingerprint density at radius 1 is 0.769 bits per heavy atom. The predicted octanol–water partition coefficient (Wildman–Crippen LogP) is 4.94. The fraction of sp³-hybridized carbons (Fsp3) is 0.630. The highest BCUT2D eigenvalue weighted by Gasteiger charge is 2.37. The molecule has 0 amide bonds. The normalized spacial score (nSPS) is 13.4. The minimum Gasteiger partial charge on any atom is -0.480 e. The number of benzene rings is 1. The molecule has 1 rings (SSSR count). The van der Waals surface area contributed by atoms with Gasteiger partial charge in [0.2, 0.25) is 0 Å². The van der Waals surface area contributed by atoms with E-state index in [1.807, 2.05) is 41.5 Å². The molecule has 0 aliphatic rings. The van der Waals surface area contributed by atoms with E-state index >= 15 is 0 Å². The molecule has 39 heavy (non-hydrogen) atoms. The van der Waals surface area contributed by atoms with Gasteiger partial charge in [-0.25, -0.2) is 14.4 Å². The zero-order chi connectivity index (χ0) is 29.8. The summed E-state index contributed by atoms with van der Waals surface area (Å²) in [6.45, 7) is 13.0.